The molecule has 17 heavy (non-hydrogen) atoms. The predicted molar refractivity (Wildman–Crippen MR) is 67.2 cm³/mol. The first kappa shape index (κ1) is 11.7. The Bertz CT molecular complexity index is 587. The summed E-state index contributed by atoms with van der Waals surface area (Å²) in [6, 6.07) is 7.67. The van der Waals surface area contributed by atoms with E-state index in [1.54, 1.807) is 6.92 Å². The van der Waals surface area contributed by atoms with Gasteiger partial charge in [-0.25, -0.2) is 4.98 Å². The summed E-state index contributed by atoms with van der Waals surface area (Å²) in [5, 5.41) is 3.48. The summed E-state index contributed by atoms with van der Waals surface area (Å²) in [6.07, 6.45) is 0. The first-order valence-corrected chi connectivity index (χ1v) is 5.73. The van der Waals surface area contributed by atoms with Crippen molar-refractivity contribution in [1.82, 2.24) is 4.98 Å². The van der Waals surface area contributed by atoms with Gasteiger partial charge in [0.05, 0.1) is 12.2 Å². The Balaban J connectivity index is 2.37. The highest BCUT2D eigenvalue weighted by Crippen LogP contribution is 2.24. The number of hydrogen-bond donors (Lipinski definition) is 0. The number of oxazole rings is 1. The lowest BCUT2D eigenvalue weighted by Crippen LogP contribution is -1.83. The molecule has 0 amide bonds. The molecule has 1 aromatic carbocycles. The number of halogens is 1. The van der Waals surface area contributed by atoms with Crippen LogP contribution >= 0.6 is 15.9 Å². The highest BCUT2D eigenvalue weighted by molar-refractivity contribution is 9.10. The smallest absolute Gasteiger partial charge is 0.226 e. The fraction of sp³-hybridized carbons (Fsp3) is 0.182. The average molecular weight is 293 g/mol. The van der Waals surface area contributed by atoms with Crippen LogP contribution in [0.1, 0.15) is 11.5 Å². The number of benzene rings is 1. The molecule has 0 atom stereocenters. The van der Waals surface area contributed by atoms with Gasteiger partial charge in [-0.3, -0.25) is 0 Å². The summed E-state index contributed by atoms with van der Waals surface area (Å²) < 4.78 is 6.50. The van der Waals surface area contributed by atoms with Crippen LogP contribution in [0.5, 0.6) is 0 Å². The zero-order chi connectivity index (χ0) is 12.3. The molecule has 2 aromatic rings. The third-order valence-corrected chi connectivity index (χ3v) is 2.74. The van der Waals surface area contributed by atoms with Crippen LogP contribution in [-0.4, -0.2) is 4.98 Å². The van der Waals surface area contributed by atoms with E-state index in [9.17, 15) is 0 Å². The minimum atomic E-state index is 0.208. The van der Waals surface area contributed by atoms with Crippen molar-refractivity contribution in [2.45, 2.75) is 13.5 Å². The standard InChI is InChI=1S/C11H9BrN4O/c1-7-10(6-14-16-13)15-11(17-7)8-3-2-4-9(12)5-8/h2-5H,6H2,1H3. The normalized spacial score (nSPS) is 10.0. The van der Waals surface area contributed by atoms with Gasteiger partial charge in [-0.05, 0) is 30.7 Å². The first-order chi connectivity index (χ1) is 8.20. The largest absolute Gasteiger partial charge is 0.441 e. The average Bonchev–Trinajstić information content (AvgIpc) is 2.68. The Kier molecular flexibility index (Phi) is 3.46. The fourth-order valence-electron chi connectivity index (χ4n) is 1.42. The van der Waals surface area contributed by atoms with E-state index in [4.69, 9.17) is 9.95 Å². The summed E-state index contributed by atoms with van der Waals surface area (Å²) in [5.74, 6) is 1.21. The molecule has 0 aliphatic heterocycles. The molecule has 0 bridgehead atoms. The van der Waals surface area contributed by atoms with E-state index in [0.29, 0.717) is 17.3 Å². The Morgan fingerprint density at radius 2 is 2.35 bits per heavy atom. The van der Waals surface area contributed by atoms with Gasteiger partial charge in [0.2, 0.25) is 5.89 Å². The maximum absolute atomic E-state index is 8.27. The number of aryl methyl sites for hydroxylation is 1. The molecular formula is C11H9BrN4O. The Morgan fingerprint density at radius 3 is 3.06 bits per heavy atom. The number of rotatable bonds is 3. The van der Waals surface area contributed by atoms with E-state index in [0.717, 1.165) is 10.0 Å². The van der Waals surface area contributed by atoms with Crippen LogP contribution in [0.3, 0.4) is 0 Å². The van der Waals surface area contributed by atoms with Crippen LogP contribution in [0.25, 0.3) is 21.9 Å². The second-order valence-electron chi connectivity index (χ2n) is 3.42. The quantitative estimate of drug-likeness (QED) is 0.482. The number of hydrogen-bond acceptors (Lipinski definition) is 3. The number of aromatic nitrogens is 1. The van der Waals surface area contributed by atoms with E-state index >= 15 is 0 Å². The molecule has 1 aromatic heterocycles. The molecule has 0 N–H and O–H groups in total. The van der Waals surface area contributed by atoms with Gasteiger partial charge in [-0.1, -0.05) is 27.1 Å². The van der Waals surface area contributed by atoms with Gasteiger partial charge >= 0.3 is 0 Å². The molecule has 5 nitrogen and oxygen atoms in total. The third-order valence-electron chi connectivity index (χ3n) is 2.25. The highest BCUT2D eigenvalue weighted by Gasteiger charge is 2.10. The Hall–Kier alpha value is -1.78. The first-order valence-electron chi connectivity index (χ1n) is 4.94. The van der Waals surface area contributed by atoms with E-state index in [-0.39, 0.29) is 6.54 Å². The van der Waals surface area contributed by atoms with Gasteiger partial charge in [0.25, 0.3) is 0 Å². The van der Waals surface area contributed by atoms with Crippen LogP contribution in [0.2, 0.25) is 0 Å². The van der Waals surface area contributed by atoms with Crippen LogP contribution < -0.4 is 0 Å². The van der Waals surface area contributed by atoms with Crippen molar-refractivity contribution in [3.8, 4) is 11.5 Å². The minimum absolute atomic E-state index is 0.208. The van der Waals surface area contributed by atoms with E-state index in [1.165, 1.54) is 0 Å². The molecule has 0 saturated carbocycles. The minimum Gasteiger partial charge on any atom is -0.441 e. The van der Waals surface area contributed by atoms with E-state index < -0.39 is 0 Å². The topological polar surface area (TPSA) is 74.8 Å². The van der Waals surface area contributed by atoms with Gasteiger partial charge in [-0.2, -0.15) is 0 Å². The summed E-state index contributed by atoms with van der Waals surface area (Å²) in [6.45, 7) is 2.01. The van der Waals surface area contributed by atoms with Crippen molar-refractivity contribution >= 4 is 15.9 Å². The van der Waals surface area contributed by atoms with E-state index in [1.807, 2.05) is 24.3 Å². The molecule has 0 saturated heterocycles. The van der Waals surface area contributed by atoms with Gasteiger partial charge in [0.15, 0.2) is 0 Å². The molecular weight excluding hydrogens is 284 g/mol. The van der Waals surface area contributed by atoms with Crippen molar-refractivity contribution < 1.29 is 4.42 Å². The zero-order valence-electron chi connectivity index (χ0n) is 9.09. The second kappa shape index (κ2) is 5.03. The van der Waals surface area contributed by atoms with Crippen molar-refractivity contribution in [2.75, 3.05) is 0 Å². The zero-order valence-corrected chi connectivity index (χ0v) is 10.7. The highest BCUT2D eigenvalue weighted by atomic mass is 79.9. The van der Waals surface area contributed by atoms with Gasteiger partial charge in [-0.15, -0.1) is 0 Å². The Morgan fingerprint density at radius 1 is 1.53 bits per heavy atom. The van der Waals surface area contributed by atoms with Crippen LogP contribution in [-0.2, 0) is 6.54 Å². The predicted octanol–water partition coefficient (Wildman–Crippen LogP) is 4.22. The van der Waals surface area contributed by atoms with Crippen LogP contribution in [0, 0.1) is 6.92 Å². The molecule has 0 fully saturated rings. The molecule has 2 rings (SSSR count). The summed E-state index contributed by atoms with van der Waals surface area (Å²) >= 11 is 3.39. The molecule has 0 spiro atoms. The van der Waals surface area contributed by atoms with Gasteiger partial charge in [0.1, 0.15) is 5.76 Å². The van der Waals surface area contributed by atoms with Crippen molar-refractivity contribution in [2.24, 2.45) is 5.11 Å². The van der Waals surface area contributed by atoms with Crippen molar-refractivity contribution in [3.63, 3.8) is 0 Å². The number of azide groups is 1. The van der Waals surface area contributed by atoms with Gasteiger partial charge in [0, 0.05) is 14.9 Å². The Labute approximate surface area is 106 Å². The molecule has 0 radical (unpaired) electrons. The monoisotopic (exact) mass is 292 g/mol. The summed E-state index contributed by atoms with van der Waals surface area (Å²) in [5.41, 5.74) is 9.82. The van der Waals surface area contributed by atoms with Crippen molar-refractivity contribution in [1.29, 1.82) is 0 Å². The van der Waals surface area contributed by atoms with E-state index in [2.05, 4.69) is 30.9 Å². The SMILES string of the molecule is Cc1oc(-c2cccc(Br)c2)nc1CN=[N+]=[N-]. The molecule has 1 heterocycles. The van der Waals surface area contributed by atoms with Crippen molar-refractivity contribution in [3.05, 3.63) is 50.6 Å². The molecule has 6 heteroatoms. The molecule has 86 valence electrons. The lowest BCUT2D eigenvalue weighted by atomic mass is 10.2. The molecule has 0 unspecified atom stereocenters. The van der Waals surface area contributed by atoms with Gasteiger partial charge < -0.3 is 4.42 Å². The third kappa shape index (κ3) is 2.67. The van der Waals surface area contributed by atoms with Crippen LogP contribution in [0.15, 0.2) is 38.3 Å². The second-order valence-corrected chi connectivity index (χ2v) is 4.34. The lowest BCUT2D eigenvalue weighted by Gasteiger charge is -1.95. The lowest BCUT2D eigenvalue weighted by molar-refractivity contribution is 0.539. The maximum atomic E-state index is 8.27. The molecule has 0 aliphatic carbocycles. The van der Waals surface area contributed by atoms with Crippen LogP contribution in [0.4, 0.5) is 0 Å². The fourth-order valence-corrected chi connectivity index (χ4v) is 1.82. The number of nitrogens with zero attached hydrogens (tertiary/aromatic N) is 4. The summed E-state index contributed by atoms with van der Waals surface area (Å²) in [7, 11) is 0. The summed E-state index contributed by atoms with van der Waals surface area (Å²) in [4.78, 5) is 7.01. The maximum Gasteiger partial charge on any atom is 0.226 e. The molecule has 0 aliphatic rings.